The van der Waals surface area contributed by atoms with Crippen molar-refractivity contribution in [2.75, 3.05) is 159 Å². The van der Waals surface area contributed by atoms with Crippen molar-refractivity contribution in [3.8, 4) is 0 Å². The fourth-order valence-electron chi connectivity index (χ4n) is 4.90. The molecule has 0 spiro atoms. The van der Waals surface area contributed by atoms with Crippen molar-refractivity contribution in [3.05, 3.63) is 0 Å². The highest BCUT2D eigenvalue weighted by Gasteiger charge is 1.98. The standard InChI is InChI=1S/8C6H15O.4BFO2/c8*1-4-7(5-2)6-3;4*2-1(3)4/h8*4-6H2,1-3H3;;;;/q8*+1;4*-2. The van der Waals surface area contributed by atoms with E-state index in [1.807, 2.05) is 0 Å². The Balaban J connectivity index is -0.0000000549. The van der Waals surface area contributed by atoms with Crippen LogP contribution in [0.4, 0.5) is 17.3 Å². The van der Waals surface area contributed by atoms with E-state index in [1.54, 1.807) is 0 Å². The summed E-state index contributed by atoms with van der Waals surface area (Å²) in [7, 11) is -12.7. The van der Waals surface area contributed by atoms with Gasteiger partial charge in [0.25, 0.3) is 0 Å². The van der Waals surface area contributed by atoms with Gasteiger partial charge in [0.05, 0.1) is 0 Å². The zero-order valence-corrected chi connectivity index (χ0v) is 51.3. The molecule has 0 rings (SSSR count). The summed E-state index contributed by atoms with van der Waals surface area (Å²) in [6.45, 7) is 78.1. The van der Waals surface area contributed by atoms with Crippen molar-refractivity contribution in [3.63, 3.8) is 0 Å². The highest BCUT2D eigenvalue weighted by Crippen LogP contribution is 1.94. The van der Waals surface area contributed by atoms with E-state index in [-0.39, 0.29) is 0 Å². The molecule has 24 heteroatoms. The van der Waals surface area contributed by atoms with Gasteiger partial charge in [-0.25, -0.2) is 0 Å². The summed E-state index contributed by atoms with van der Waals surface area (Å²) in [5.41, 5.74) is 0. The first-order chi connectivity index (χ1) is 33.7. The molecule has 0 heterocycles. The third-order valence-electron chi connectivity index (χ3n) is 9.80. The zero-order chi connectivity index (χ0) is 59.9. The van der Waals surface area contributed by atoms with Crippen molar-refractivity contribution < 1.29 is 92.4 Å². The molecule has 0 aromatic rings. The van der Waals surface area contributed by atoms with Crippen LogP contribution < -0.4 is 40.2 Å². The van der Waals surface area contributed by atoms with Crippen LogP contribution in [0.5, 0.6) is 0 Å². The molecule has 0 aliphatic rings. The molecule has 0 N–H and O–H groups in total. The molecule has 0 saturated heterocycles. The number of halogens is 4. The van der Waals surface area contributed by atoms with Crippen molar-refractivity contribution >= 4 is 29.6 Å². The molecule has 0 atom stereocenters. The van der Waals surface area contributed by atoms with Gasteiger partial charge < -0.3 is 92.4 Å². The number of rotatable bonds is 24. The van der Waals surface area contributed by atoms with Gasteiger partial charge in [-0.05, 0) is 0 Å². The summed E-state index contributed by atoms with van der Waals surface area (Å²) >= 11 is 0. The third-order valence-corrected chi connectivity index (χ3v) is 9.80. The van der Waals surface area contributed by atoms with Gasteiger partial charge in [0.15, 0.2) is 0 Å². The quantitative estimate of drug-likeness (QED) is 0.0794. The number of hydrogen-bond acceptors (Lipinski definition) is 8. The van der Waals surface area contributed by atoms with Gasteiger partial charge in [0.1, 0.15) is 188 Å². The van der Waals surface area contributed by atoms with Crippen molar-refractivity contribution in [1.29, 1.82) is 0 Å². The van der Waals surface area contributed by atoms with Crippen molar-refractivity contribution in [2.24, 2.45) is 0 Å². The van der Waals surface area contributed by atoms with Crippen LogP contribution in [0.25, 0.3) is 0 Å². The SMILES string of the molecule is CC[O+](CC)CC.CC[O+](CC)CC.CC[O+](CC)CC.CC[O+](CC)CC.CC[O+](CC)CC.CC[O+](CC)CC.CC[O+](CC)CC.CC[O+](CC)CC.[O-]B([O-])F.[O-]B([O-])F.[O-]B([O-])F.[O-]B([O-])F. The summed E-state index contributed by atoms with van der Waals surface area (Å²) < 4.78 is 64.1. The molecule has 0 amide bonds. The van der Waals surface area contributed by atoms with Gasteiger partial charge in [0.2, 0.25) is 0 Å². The number of hydrogen-bond donors (Lipinski definition) is 0. The zero-order valence-electron chi connectivity index (χ0n) is 51.3. The Labute approximate surface area is 445 Å². The molecular weight excluding hydrogens is 952 g/mol. The molecule has 0 radical (unpaired) electrons. The minimum absolute atomic E-state index is 1.10. The van der Waals surface area contributed by atoms with E-state index in [0.29, 0.717) is 0 Å². The van der Waals surface area contributed by atoms with E-state index in [9.17, 15) is 17.3 Å². The molecule has 0 unspecified atom stereocenters. The first-order valence-corrected chi connectivity index (χ1v) is 26.7. The van der Waals surface area contributed by atoms with E-state index in [4.69, 9.17) is 40.2 Å². The second-order valence-corrected chi connectivity index (χ2v) is 12.9. The van der Waals surface area contributed by atoms with Gasteiger partial charge in [-0.2, -0.15) is 0 Å². The van der Waals surface area contributed by atoms with Crippen LogP contribution in [-0.4, -0.2) is 188 Å². The second-order valence-electron chi connectivity index (χ2n) is 12.9. The summed E-state index contributed by atoms with van der Waals surface area (Å²) in [5.74, 6) is 0. The molecule has 0 saturated carbocycles. The lowest BCUT2D eigenvalue weighted by atomic mass is 10.3. The topological polar surface area (TPSA) is 206 Å². The Kier molecular flexibility index (Phi) is 134. The molecule has 0 aliphatic heterocycles. The van der Waals surface area contributed by atoms with Crippen LogP contribution in [0.3, 0.4) is 0 Å². The molecule has 0 aromatic heterocycles. The van der Waals surface area contributed by atoms with E-state index in [0.717, 1.165) is 159 Å². The summed E-state index contributed by atoms with van der Waals surface area (Å²) in [6, 6.07) is 0. The molecule has 0 bridgehead atoms. The Morgan fingerprint density at radius 2 is 0.194 bits per heavy atom. The monoisotopic (exact) mass is 1070 g/mol. The van der Waals surface area contributed by atoms with Crippen LogP contribution in [0.2, 0.25) is 0 Å². The average molecular weight is 1070 g/mol. The maximum Gasteiger partial charge on any atom is 0.142 e. The molecule has 16 nitrogen and oxygen atoms in total. The average Bonchev–Trinajstić information content (AvgIpc) is 3.34. The Morgan fingerprint density at radius 3 is 0.194 bits per heavy atom. The van der Waals surface area contributed by atoms with Gasteiger partial charge >= 0.3 is 0 Å². The van der Waals surface area contributed by atoms with Gasteiger partial charge in [-0.15, -0.1) is 0 Å². The van der Waals surface area contributed by atoms with Crippen LogP contribution in [-0.2, 0) is 34.9 Å². The van der Waals surface area contributed by atoms with Gasteiger partial charge in [-0.1, -0.05) is 0 Å². The minimum Gasteiger partial charge on any atom is -0.867 e. The maximum atomic E-state index is 9.89. The van der Waals surface area contributed by atoms with Crippen LogP contribution in [0.15, 0.2) is 0 Å². The fraction of sp³-hybridized carbons (Fsp3) is 1.00. The first kappa shape index (κ1) is 100. The Hall–Kier alpha value is -0.660. The molecule has 0 aliphatic carbocycles. The molecule has 0 aromatic carbocycles. The van der Waals surface area contributed by atoms with E-state index in [1.165, 1.54) is 0 Å². The first-order valence-electron chi connectivity index (χ1n) is 26.7. The van der Waals surface area contributed by atoms with Crippen molar-refractivity contribution in [1.82, 2.24) is 0 Å². The maximum absolute atomic E-state index is 9.89. The summed E-state index contributed by atoms with van der Waals surface area (Å²) in [5, 5.41) is 66.4. The van der Waals surface area contributed by atoms with Crippen LogP contribution in [0.1, 0.15) is 166 Å². The predicted molar refractivity (Wildman–Crippen MR) is 289 cm³/mol. The molecule has 448 valence electrons. The third kappa shape index (κ3) is 145. The van der Waals surface area contributed by atoms with Gasteiger partial charge in [-0.3, -0.25) is 0 Å². The fourth-order valence-corrected chi connectivity index (χ4v) is 4.90. The van der Waals surface area contributed by atoms with Crippen molar-refractivity contribution in [2.45, 2.75) is 166 Å². The Bertz CT molecular complexity index is 542. The largest absolute Gasteiger partial charge is 0.867 e. The lowest BCUT2D eigenvalue weighted by molar-refractivity contribution is -0.368. The molecule has 72 heavy (non-hydrogen) atoms. The van der Waals surface area contributed by atoms with E-state index < -0.39 is 29.6 Å². The highest BCUT2D eigenvalue weighted by molar-refractivity contribution is 6.27. The van der Waals surface area contributed by atoms with E-state index >= 15 is 0 Å². The van der Waals surface area contributed by atoms with E-state index in [2.05, 4.69) is 201 Å². The lowest BCUT2D eigenvalue weighted by Crippen LogP contribution is -2.39. The summed E-state index contributed by atoms with van der Waals surface area (Å²) in [6.07, 6.45) is 0. The normalized spacial score (nSPS) is 9.50. The predicted octanol–water partition coefficient (Wildman–Crippen LogP) is 3.43. The van der Waals surface area contributed by atoms with Crippen LogP contribution in [0, 0.1) is 0 Å². The summed E-state index contributed by atoms with van der Waals surface area (Å²) in [4.78, 5) is 0. The van der Waals surface area contributed by atoms with Crippen LogP contribution >= 0.6 is 0 Å². The second kappa shape index (κ2) is 96.0. The highest BCUT2D eigenvalue weighted by atomic mass is 19.1. The lowest BCUT2D eigenvalue weighted by Gasteiger charge is -2.11. The minimum atomic E-state index is -3.17. The Morgan fingerprint density at radius 1 is 0.167 bits per heavy atom. The smallest absolute Gasteiger partial charge is 0.142 e. The molecule has 0 fully saturated rings. The molecular formula is C48H120B4F4O16. The van der Waals surface area contributed by atoms with Gasteiger partial charge in [0, 0.05) is 166 Å².